The van der Waals surface area contributed by atoms with Gasteiger partial charge in [0.15, 0.2) is 13.3 Å². The molecule has 1 aliphatic carbocycles. The fourth-order valence-corrected chi connectivity index (χ4v) is 3.03. The van der Waals surface area contributed by atoms with Gasteiger partial charge in [-0.25, -0.2) is 16.3 Å². The molecule has 0 bridgehead atoms. The van der Waals surface area contributed by atoms with Crippen molar-refractivity contribution in [3.8, 4) is 0 Å². The van der Waals surface area contributed by atoms with Crippen molar-refractivity contribution in [3.63, 3.8) is 0 Å². The van der Waals surface area contributed by atoms with Crippen LogP contribution in [0, 0.1) is 0 Å². The van der Waals surface area contributed by atoms with E-state index >= 15 is 0 Å². The molecule has 1 heterocycles. The van der Waals surface area contributed by atoms with Gasteiger partial charge in [-0.15, -0.1) is 0 Å². The van der Waals surface area contributed by atoms with Crippen LogP contribution in [0.3, 0.4) is 0 Å². The Morgan fingerprint density at radius 3 is 2.19 bits per heavy atom. The maximum absolute atomic E-state index is 5.65. The summed E-state index contributed by atoms with van der Waals surface area (Å²) in [5.41, 5.74) is 15.3. The summed E-state index contributed by atoms with van der Waals surface area (Å²) in [5.74, 6) is 0. The van der Waals surface area contributed by atoms with E-state index in [4.69, 9.17) is 18.0 Å². The highest BCUT2D eigenvalue weighted by molar-refractivity contribution is 7.80. The van der Waals surface area contributed by atoms with Crippen molar-refractivity contribution in [2.45, 2.75) is 44.6 Å². The first-order chi connectivity index (χ1) is 7.73. The lowest BCUT2D eigenvalue weighted by Crippen LogP contribution is -2.65. The lowest BCUT2D eigenvalue weighted by atomic mass is 10.1. The minimum Gasteiger partial charge on any atom is -0.372 e. The number of nitrogens with zero attached hydrogens (tertiary/aromatic N) is 1. The van der Waals surface area contributed by atoms with Gasteiger partial charge in [0.1, 0.15) is 6.04 Å². The van der Waals surface area contributed by atoms with E-state index in [1.54, 1.807) is 0 Å². The third-order valence-corrected chi connectivity index (χ3v) is 3.80. The monoisotopic (exact) mass is 244 g/mol. The Hall–Kier alpha value is -0.430. The second kappa shape index (κ2) is 5.27. The molecule has 2 rings (SSSR count). The van der Waals surface area contributed by atoms with Crippen LogP contribution in [0.2, 0.25) is 0 Å². The molecule has 0 radical (unpaired) electrons. The molecule has 2 aliphatic rings. The fourth-order valence-electron chi connectivity index (χ4n) is 2.85. The van der Waals surface area contributed by atoms with Gasteiger partial charge in [-0.1, -0.05) is 12.8 Å². The molecule has 5 N–H and O–H groups in total. The maximum Gasteiger partial charge on any atom is 0.210 e. The van der Waals surface area contributed by atoms with E-state index in [1.807, 2.05) is 0 Å². The van der Waals surface area contributed by atoms with Crippen LogP contribution >= 0.6 is 12.2 Å². The highest BCUT2D eigenvalue weighted by Gasteiger charge is 2.41. The molecule has 5 nitrogen and oxygen atoms in total. The molecule has 0 aromatic carbocycles. The number of hydrogen-bond donors (Lipinski definition) is 4. The van der Waals surface area contributed by atoms with Gasteiger partial charge in [0.2, 0.25) is 5.11 Å². The molecule has 1 saturated heterocycles. The Kier molecular flexibility index (Phi) is 3.96. The quantitative estimate of drug-likeness (QED) is 0.320. The topological polar surface area (TPSA) is 62.1 Å². The summed E-state index contributed by atoms with van der Waals surface area (Å²) < 4.78 is 0.759. The first kappa shape index (κ1) is 12.0. The molecule has 0 atom stereocenters. The van der Waals surface area contributed by atoms with Gasteiger partial charge >= 0.3 is 0 Å². The Bertz CT molecular complexity index is 244. The molecule has 1 aliphatic heterocycles. The van der Waals surface area contributed by atoms with E-state index < -0.39 is 0 Å². The van der Waals surface area contributed by atoms with Crippen LogP contribution < -0.4 is 22.0 Å². The van der Waals surface area contributed by atoms with Gasteiger partial charge in [-0.2, -0.15) is 4.59 Å². The predicted molar refractivity (Wildman–Crippen MR) is 67.7 cm³/mol. The van der Waals surface area contributed by atoms with Crippen LogP contribution in [0.4, 0.5) is 0 Å². The molecule has 92 valence electrons. The van der Waals surface area contributed by atoms with Gasteiger partial charge in [0.25, 0.3) is 0 Å². The van der Waals surface area contributed by atoms with Gasteiger partial charge < -0.3 is 5.73 Å². The Morgan fingerprint density at radius 2 is 1.69 bits per heavy atom. The second-order valence-corrected chi connectivity index (χ2v) is 5.27. The smallest absolute Gasteiger partial charge is 0.210 e. The number of hydrazine groups is 1. The van der Waals surface area contributed by atoms with Crippen LogP contribution in [0.25, 0.3) is 0 Å². The molecule has 0 amide bonds. The number of hydrogen-bond acceptors (Lipinski definition) is 3. The number of quaternary nitrogens is 1. The standard InChI is InChI=1S/C10H21N5S/c11-10(16)14-15(7-12-13-8-15)9-5-3-1-2-4-6-9/h9,12-13H,1-8H2,(H2-,11,14,16)/p+1. The van der Waals surface area contributed by atoms with Crippen LogP contribution in [0.1, 0.15) is 38.5 Å². The molecule has 6 heteroatoms. The number of rotatable bonds is 2. The highest BCUT2D eigenvalue weighted by atomic mass is 32.1. The summed E-state index contributed by atoms with van der Waals surface area (Å²) in [6, 6.07) is 0.617. The lowest BCUT2D eigenvalue weighted by molar-refractivity contribution is -0.974. The Morgan fingerprint density at radius 1 is 1.12 bits per heavy atom. The minimum absolute atomic E-state index is 0.398. The average Bonchev–Trinajstić information content (AvgIpc) is 2.54. The SMILES string of the molecule is NC(=S)N[N+]1(C2CCCCCC2)CNNC1. The number of nitrogens with one attached hydrogen (secondary N) is 3. The number of thiocarbonyl (C=S) groups is 1. The zero-order chi connectivity index (χ0) is 11.4. The molecule has 16 heavy (non-hydrogen) atoms. The van der Waals surface area contributed by atoms with Crippen molar-refractivity contribution in [2.75, 3.05) is 13.3 Å². The van der Waals surface area contributed by atoms with Gasteiger partial charge in [-0.3, -0.25) is 0 Å². The lowest BCUT2D eigenvalue weighted by Gasteiger charge is -2.38. The molecule has 0 unspecified atom stereocenters. The summed E-state index contributed by atoms with van der Waals surface area (Å²) in [6.07, 6.45) is 7.90. The second-order valence-electron chi connectivity index (χ2n) is 4.83. The zero-order valence-electron chi connectivity index (χ0n) is 9.67. The summed E-state index contributed by atoms with van der Waals surface area (Å²) in [5, 5.41) is 0.398. The molecule has 0 aromatic heterocycles. The maximum atomic E-state index is 5.65. The third-order valence-electron chi connectivity index (χ3n) is 3.70. The summed E-state index contributed by atoms with van der Waals surface area (Å²) in [4.78, 5) is 0. The van der Waals surface area contributed by atoms with E-state index in [1.165, 1.54) is 38.5 Å². The summed E-state index contributed by atoms with van der Waals surface area (Å²) >= 11 is 5.00. The molecule has 0 aromatic rings. The largest absolute Gasteiger partial charge is 0.372 e. The first-order valence-electron chi connectivity index (χ1n) is 6.13. The molecular formula is C10H22N5S+. The van der Waals surface area contributed by atoms with Gasteiger partial charge in [-0.05, 0) is 25.1 Å². The summed E-state index contributed by atoms with van der Waals surface area (Å²) in [7, 11) is 0. The first-order valence-corrected chi connectivity index (χ1v) is 6.54. The molecule has 0 spiro atoms. The summed E-state index contributed by atoms with van der Waals surface area (Å²) in [6.45, 7) is 1.70. The van der Waals surface area contributed by atoms with Crippen LogP contribution in [-0.2, 0) is 0 Å². The zero-order valence-corrected chi connectivity index (χ0v) is 10.5. The predicted octanol–water partition coefficient (Wildman–Crippen LogP) is 0.297. The van der Waals surface area contributed by atoms with Gasteiger partial charge in [0.05, 0.1) is 0 Å². The van der Waals surface area contributed by atoms with Crippen LogP contribution in [0.5, 0.6) is 0 Å². The number of nitrogens with two attached hydrogens (primary N) is 1. The van der Waals surface area contributed by atoms with E-state index in [0.29, 0.717) is 11.2 Å². The van der Waals surface area contributed by atoms with Crippen LogP contribution in [0.15, 0.2) is 0 Å². The van der Waals surface area contributed by atoms with E-state index in [-0.39, 0.29) is 0 Å². The average molecular weight is 244 g/mol. The van der Waals surface area contributed by atoms with Gasteiger partial charge in [0, 0.05) is 12.8 Å². The van der Waals surface area contributed by atoms with Crippen LogP contribution in [-0.4, -0.2) is 29.1 Å². The van der Waals surface area contributed by atoms with Crippen molar-refractivity contribution in [3.05, 3.63) is 0 Å². The Labute approximate surface area is 102 Å². The van der Waals surface area contributed by atoms with E-state index in [0.717, 1.165) is 17.9 Å². The van der Waals surface area contributed by atoms with Crippen molar-refractivity contribution in [1.29, 1.82) is 0 Å². The molecule has 1 saturated carbocycles. The highest BCUT2D eigenvalue weighted by Crippen LogP contribution is 2.26. The van der Waals surface area contributed by atoms with E-state index in [2.05, 4.69) is 16.3 Å². The van der Waals surface area contributed by atoms with Crippen molar-refractivity contribution < 1.29 is 4.59 Å². The normalized spacial score (nSPS) is 26.2. The third kappa shape index (κ3) is 2.63. The van der Waals surface area contributed by atoms with E-state index in [9.17, 15) is 0 Å². The Balaban J connectivity index is 2.07. The fraction of sp³-hybridized carbons (Fsp3) is 0.900. The molecule has 2 fully saturated rings. The van der Waals surface area contributed by atoms with Crippen molar-refractivity contribution >= 4 is 17.3 Å². The van der Waals surface area contributed by atoms with Crippen molar-refractivity contribution in [1.82, 2.24) is 16.3 Å². The minimum atomic E-state index is 0.398. The van der Waals surface area contributed by atoms with Crippen molar-refractivity contribution in [2.24, 2.45) is 5.73 Å². The molecular weight excluding hydrogens is 222 g/mol.